The van der Waals surface area contributed by atoms with Crippen LogP contribution >= 0.6 is 22.9 Å². The summed E-state index contributed by atoms with van der Waals surface area (Å²) in [6.45, 7) is 2.50. The summed E-state index contributed by atoms with van der Waals surface area (Å²) < 4.78 is 10.2. The van der Waals surface area contributed by atoms with Gasteiger partial charge in [-0.25, -0.2) is 9.97 Å². The van der Waals surface area contributed by atoms with Crippen molar-refractivity contribution in [3.8, 4) is 0 Å². The van der Waals surface area contributed by atoms with Gasteiger partial charge in [-0.3, -0.25) is 4.79 Å². The van der Waals surface area contributed by atoms with Crippen LogP contribution < -0.4 is 5.32 Å². The quantitative estimate of drug-likeness (QED) is 0.634. The highest BCUT2D eigenvalue weighted by molar-refractivity contribution is 7.19. The van der Waals surface area contributed by atoms with Gasteiger partial charge >= 0.3 is 0 Å². The molecule has 148 valence electrons. The van der Waals surface area contributed by atoms with E-state index in [0.717, 1.165) is 29.5 Å². The molecule has 3 rings (SSSR count). The van der Waals surface area contributed by atoms with Crippen LogP contribution in [0.25, 0.3) is 10.2 Å². The molecule has 1 amide bonds. The number of ether oxygens (including phenoxy) is 2. The smallest absolute Gasteiger partial charge is 0.236 e. The first kappa shape index (κ1) is 20.4. The number of methoxy groups -OCH3 is 2. The Labute approximate surface area is 168 Å². The molecule has 2 aromatic rings. The molecular formula is C18H25ClN4O3S. The molecule has 0 aromatic carbocycles. The van der Waals surface area contributed by atoms with Crippen molar-refractivity contribution in [1.82, 2.24) is 20.2 Å². The summed E-state index contributed by atoms with van der Waals surface area (Å²) in [5.41, 5.74) is 1.27. The van der Waals surface area contributed by atoms with E-state index in [1.165, 1.54) is 16.8 Å². The van der Waals surface area contributed by atoms with Crippen LogP contribution in [-0.4, -0.2) is 73.9 Å². The van der Waals surface area contributed by atoms with Gasteiger partial charge in [-0.05, 0) is 24.8 Å². The average Bonchev–Trinajstić information content (AvgIpc) is 3.05. The second kappa shape index (κ2) is 9.75. The summed E-state index contributed by atoms with van der Waals surface area (Å²) >= 11 is 7.94. The second-order valence-corrected chi connectivity index (χ2v) is 7.98. The van der Waals surface area contributed by atoms with Gasteiger partial charge in [0.05, 0.1) is 25.1 Å². The lowest BCUT2D eigenvalue weighted by Crippen LogP contribution is -2.45. The minimum atomic E-state index is 0.0696. The number of amides is 1. The Morgan fingerprint density at radius 1 is 1.33 bits per heavy atom. The van der Waals surface area contributed by atoms with E-state index < -0.39 is 0 Å². The number of halogens is 1. The molecule has 0 bridgehead atoms. The molecule has 0 aliphatic heterocycles. The maximum absolute atomic E-state index is 12.5. The van der Waals surface area contributed by atoms with E-state index in [9.17, 15) is 4.79 Å². The van der Waals surface area contributed by atoms with Gasteiger partial charge in [0.15, 0.2) is 0 Å². The fraction of sp³-hybridized carbons (Fsp3) is 0.611. The van der Waals surface area contributed by atoms with Gasteiger partial charge in [0.2, 0.25) is 5.91 Å². The third-order valence-corrected chi connectivity index (χ3v) is 6.27. The summed E-state index contributed by atoms with van der Waals surface area (Å²) in [7, 11) is 3.27. The minimum absolute atomic E-state index is 0.0696. The van der Waals surface area contributed by atoms with Crippen LogP contribution in [0.1, 0.15) is 16.9 Å². The van der Waals surface area contributed by atoms with Crippen molar-refractivity contribution in [3.05, 3.63) is 21.9 Å². The predicted octanol–water partition coefficient (Wildman–Crippen LogP) is 1.91. The standard InChI is InChI=1S/C18H25ClN4O3S/c1-25-7-5-23(6-8-26-2)15(24)10-20-12-3-4-13-14(9-12)27-18-16(13)17(19)21-11-22-18/h11-12,20H,3-10H2,1-2H3. The van der Waals surface area contributed by atoms with Gasteiger partial charge in [-0.2, -0.15) is 0 Å². The second-order valence-electron chi connectivity index (χ2n) is 6.54. The van der Waals surface area contributed by atoms with Crippen LogP contribution in [0.4, 0.5) is 0 Å². The topological polar surface area (TPSA) is 76.6 Å². The first-order valence-corrected chi connectivity index (χ1v) is 10.2. The number of carbonyl (C=O) groups is 1. The lowest BCUT2D eigenvalue weighted by Gasteiger charge is -2.26. The Balaban J connectivity index is 1.58. The van der Waals surface area contributed by atoms with Crippen molar-refractivity contribution in [2.75, 3.05) is 47.1 Å². The largest absolute Gasteiger partial charge is 0.383 e. The van der Waals surface area contributed by atoms with Crippen molar-refractivity contribution in [1.29, 1.82) is 0 Å². The molecule has 1 atom stereocenters. The third kappa shape index (κ3) is 4.94. The van der Waals surface area contributed by atoms with E-state index >= 15 is 0 Å². The Kier molecular flexibility index (Phi) is 7.37. The molecular weight excluding hydrogens is 388 g/mol. The Bertz CT molecular complexity index is 777. The number of fused-ring (bicyclic) bond motifs is 3. The first-order chi connectivity index (χ1) is 13.1. The number of hydrogen-bond acceptors (Lipinski definition) is 7. The molecule has 1 unspecified atom stereocenters. The zero-order valence-electron chi connectivity index (χ0n) is 15.7. The SMILES string of the molecule is COCCN(CCOC)C(=O)CNC1CCc2c(sc3ncnc(Cl)c23)C1. The van der Waals surface area contributed by atoms with Crippen LogP contribution in [-0.2, 0) is 27.1 Å². The monoisotopic (exact) mass is 412 g/mol. The van der Waals surface area contributed by atoms with Crippen molar-refractivity contribution in [2.24, 2.45) is 0 Å². The van der Waals surface area contributed by atoms with Crippen molar-refractivity contribution in [2.45, 2.75) is 25.3 Å². The maximum atomic E-state index is 12.5. The molecule has 0 radical (unpaired) electrons. The predicted molar refractivity (Wildman–Crippen MR) is 107 cm³/mol. The fourth-order valence-electron chi connectivity index (χ4n) is 3.35. The van der Waals surface area contributed by atoms with Crippen molar-refractivity contribution in [3.63, 3.8) is 0 Å². The Hall–Kier alpha value is -1.32. The molecule has 0 spiro atoms. The number of nitrogens with one attached hydrogen (secondary N) is 1. The first-order valence-electron chi connectivity index (χ1n) is 9.03. The summed E-state index contributed by atoms with van der Waals surface area (Å²) in [4.78, 5) is 25.0. The summed E-state index contributed by atoms with van der Waals surface area (Å²) in [6.07, 6.45) is 4.28. The number of aryl methyl sites for hydroxylation is 1. The summed E-state index contributed by atoms with van der Waals surface area (Å²) in [6, 6.07) is 0.271. The highest BCUT2D eigenvalue weighted by atomic mass is 35.5. The van der Waals surface area contributed by atoms with E-state index in [0.29, 0.717) is 38.0 Å². The maximum Gasteiger partial charge on any atom is 0.236 e. The van der Waals surface area contributed by atoms with Gasteiger partial charge in [0, 0.05) is 38.2 Å². The molecule has 9 heteroatoms. The minimum Gasteiger partial charge on any atom is -0.383 e. The number of aromatic nitrogens is 2. The highest BCUT2D eigenvalue weighted by Gasteiger charge is 2.25. The average molecular weight is 413 g/mol. The molecule has 1 aliphatic carbocycles. The highest BCUT2D eigenvalue weighted by Crippen LogP contribution is 2.37. The molecule has 27 heavy (non-hydrogen) atoms. The Morgan fingerprint density at radius 3 is 2.78 bits per heavy atom. The summed E-state index contributed by atoms with van der Waals surface area (Å²) in [5.74, 6) is 0.0696. The van der Waals surface area contributed by atoms with E-state index in [-0.39, 0.29) is 11.9 Å². The van der Waals surface area contributed by atoms with Crippen LogP contribution in [0.5, 0.6) is 0 Å². The number of hydrogen-bond donors (Lipinski definition) is 1. The zero-order valence-corrected chi connectivity index (χ0v) is 17.2. The number of rotatable bonds is 9. The third-order valence-electron chi connectivity index (χ3n) is 4.82. The molecule has 2 heterocycles. The van der Waals surface area contributed by atoms with Gasteiger partial charge in [-0.15, -0.1) is 11.3 Å². The van der Waals surface area contributed by atoms with Crippen LogP contribution in [0.2, 0.25) is 5.15 Å². The van der Waals surface area contributed by atoms with E-state index in [2.05, 4.69) is 15.3 Å². The molecule has 2 aromatic heterocycles. The molecule has 1 N–H and O–H groups in total. The van der Waals surface area contributed by atoms with E-state index in [4.69, 9.17) is 21.1 Å². The van der Waals surface area contributed by atoms with E-state index in [1.54, 1.807) is 30.5 Å². The number of carbonyl (C=O) groups excluding carboxylic acids is 1. The number of thiophene rings is 1. The van der Waals surface area contributed by atoms with Crippen molar-refractivity contribution < 1.29 is 14.3 Å². The Morgan fingerprint density at radius 2 is 2.07 bits per heavy atom. The molecule has 0 saturated heterocycles. The molecule has 7 nitrogen and oxygen atoms in total. The van der Waals surface area contributed by atoms with Gasteiger partial charge < -0.3 is 19.7 Å². The molecule has 1 aliphatic rings. The number of nitrogens with zero attached hydrogens (tertiary/aromatic N) is 3. The van der Waals surface area contributed by atoms with Crippen LogP contribution in [0.15, 0.2) is 6.33 Å². The lowest BCUT2D eigenvalue weighted by atomic mass is 9.93. The lowest BCUT2D eigenvalue weighted by molar-refractivity contribution is -0.131. The fourth-order valence-corrected chi connectivity index (χ4v) is 4.92. The van der Waals surface area contributed by atoms with Crippen molar-refractivity contribution >= 4 is 39.1 Å². The zero-order chi connectivity index (χ0) is 19.2. The molecule has 0 saturated carbocycles. The van der Waals surface area contributed by atoms with Crippen LogP contribution in [0, 0.1) is 0 Å². The van der Waals surface area contributed by atoms with Gasteiger partial charge in [0.25, 0.3) is 0 Å². The van der Waals surface area contributed by atoms with Crippen LogP contribution in [0.3, 0.4) is 0 Å². The molecule has 0 fully saturated rings. The normalized spacial score (nSPS) is 16.5. The summed E-state index contributed by atoms with van der Waals surface area (Å²) in [5, 5.41) is 4.95. The van der Waals surface area contributed by atoms with Gasteiger partial charge in [0.1, 0.15) is 16.3 Å². The van der Waals surface area contributed by atoms with Gasteiger partial charge in [-0.1, -0.05) is 11.6 Å². The van der Waals surface area contributed by atoms with E-state index in [1.807, 2.05) is 0 Å².